The van der Waals surface area contributed by atoms with Gasteiger partial charge in [-0.3, -0.25) is 9.59 Å². The molecule has 0 radical (unpaired) electrons. The van der Waals surface area contributed by atoms with Gasteiger partial charge in [0.15, 0.2) is 6.29 Å². The quantitative estimate of drug-likeness (QED) is 0.626. The molecule has 102 valence electrons. The van der Waals surface area contributed by atoms with E-state index in [-0.39, 0.29) is 18.8 Å². The number of benzene rings is 1. The smallest absolute Gasteiger partial charge is 0.408 e. The number of hydrogen-bond donors (Lipinski definition) is 1. The molecule has 1 atom stereocenters. The van der Waals surface area contributed by atoms with Crippen molar-refractivity contribution < 1.29 is 19.1 Å². The van der Waals surface area contributed by atoms with Crippen molar-refractivity contribution in [1.29, 1.82) is 0 Å². The number of ether oxygens (including phenoxy) is 1. The van der Waals surface area contributed by atoms with E-state index in [2.05, 4.69) is 5.32 Å². The van der Waals surface area contributed by atoms with Gasteiger partial charge in [-0.1, -0.05) is 44.2 Å². The Balaban J connectivity index is 2.49. The maximum Gasteiger partial charge on any atom is 0.408 e. The zero-order chi connectivity index (χ0) is 14.3. The predicted octanol–water partition coefficient (Wildman–Crippen LogP) is 1.71. The summed E-state index contributed by atoms with van der Waals surface area (Å²) in [6.07, 6.45) is -0.500. The lowest BCUT2D eigenvalue weighted by atomic mass is 10.0. The molecular formula is C14H17NO4. The summed E-state index contributed by atoms with van der Waals surface area (Å²) in [6, 6.07) is 8.34. The van der Waals surface area contributed by atoms with E-state index in [9.17, 15) is 14.4 Å². The van der Waals surface area contributed by atoms with Crippen molar-refractivity contribution in [3.8, 4) is 0 Å². The maximum absolute atomic E-state index is 11.6. The molecule has 0 aliphatic heterocycles. The van der Waals surface area contributed by atoms with Crippen LogP contribution in [-0.2, 0) is 20.9 Å². The van der Waals surface area contributed by atoms with Gasteiger partial charge in [-0.15, -0.1) is 0 Å². The van der Waals surface area contributed by atoms with Crippen LogP contribution in [0.15, 0.2) is 30.3 Å². The molecular weight excluding hydrogens is 246 g/mol. The molecule has 1 aromatic carbocycles. The van der Waals surface area contributed by atoms with Crippen LogP contribution >= 0.6 is 0 Å². The maximum atomic E-state index is 11.6. The van der Waals surface area contributed by atoms with E-state index < -0.39 is 17.9 Å². The third-order valence-corrected chi connectivity index (χ3v) is 2.58. The Kier molecular flexibility index (Phi) is 5.73. The van der Waals surface area contributed by atoms with Crippen molar-refractivity contribution in [3.05, 3.63) is 35.9 Å². The van der Waals surface area contributed by atoms with E-state index in [1.54, 1.807) is 13.8 Å². The summed E-state index contributed by atoms with van der Waals surface area (Å²) >= 11 is 0. The Bertz CT molecular complexity index is 442. The Morgan fingerprint density at radius 3 is 2.42 bits per heavy atom. The van der Waals surface area contributed by atoms with Crippen molar-refractivity contribution in [1.82, 2.24) is 5.32 Å². The molecule has 1 N–H and O–H groups in total. The summed E-state index contributed by atoms with van der Waals surface area (Å²) in [4.78, 5) is 33.3. The highest BCUT2D eigenvalue weighted by Gasteiger charge is 2.23. The summed E-state index contributed by atoms with van der Waals surface area (Å²) < 4.78 is 4.99. The van der Waals surface area contributed by atoms with E-state index in [1.165, 1.54) is 0 Å². The van der Waals surface area contributed by atoms with Crippen LogP contribution in [0.25, 0.3) is 0 Å². The summed E-state index contributed by atoms with van der Waals surface area (Å²) in [6.45, 7) is 3.60. The lowest BCUT2D eigenvalue weighted by Gasteiger charge is -2.18. The van der Waals surface area contributed by atoms with Crippen molar-refractivity contribution in [3.63, 3.8) is 0 Å². The number of nitrogens with one attached hydrogen (secondary N) is 1. The van der Waals surface area contributed by atoms with E-state index in [0.717, 1.165) is 5.56 Å². The van der Waals surface area contributed by atoms with Crippen molar-refractivity contribution in [2.45, 2.75) is 26.5 Å². The van der Waals surface area contributed by atoms with Gasteiger partial charge in [0, 0.05) is 0 Å². The van der Waals surface area contributed by atoms with Crippen LogP contribution in [0.1, 0.15) is 19.4 Å². The van der Waals surface area contributed by atoms with Crippen LogP contribution in [0.2, 0.25) is 0 Å². The van der Waals surface area contributed by atoms with Gasteiger partial charge in [0.1, 0.15) is 12.6 Å². The highest BCUT2D eigenvalue weighted by atomic mass is 16.5. The molecule has 0 heterocycles. The number of aldehydes is 1. The molecule has 0 aliphatic rings. The topological polar surface area (TPSA) is 72.5 Å². The number of Topliss-reactive ketones (excluding diaryl/α,β-unsaturated/α-hetero) is 1. The zero-order valence-electron chi connectivity index (χ0n) is 11.0. The fourth-order valence-corrected chi connectivity index (χ4v) is 1.53. The summed E-state index contributed by atoms with van der Waals surface area (Å²) in [5.74, 6) is -0.839. The highest BCUT2D eigenvalue weighted by molar-refractivity contribution is 6.27. The number of ketones is 1. The fraction of sp³-hybridized carbons (Fsp3) is 0.357. The molecule has 0 unspecified atom stereocenters. The van der Waals surface area contributed by atoms with Crippen LogP contribution in [0, 0.1) is 5.92 Å². The molecule has 0 fully saturated rings. The number of hydrogen-bond acceptors (Lipinski definition) is 4. The van der Waals surface area contributed by atoms with Crippen LogP contribution < -0.4 is 5.32 Å². The minimum atomic E-state index is -0.847. The molecule has 0 bridgehead atoms. The Morgan fingerprint density at radius 2 is 1.89 bits per heavy atom. The average Bonchev–Trinajstić information content (AvgIpc) is 2.42. The van der Waals surface area contributed by atoms with Gasteiger partial charge in [-0.05, 0) is 11.5 Å². The second-order valence-corrected chi connectivity index (χ2v) is 4.45. The first kappa shape index (κ1) is 14.9. The Labute approximate surface area is 111 Å². The van der Waals surface area contributed by atoms with Gasteiger partial charge in [0.2, 0.25) is 5.78 Å². The van der Waals surface area contributed by atoms with E-state index in [4.69, 9.17) is 4.74 Å². The molecule has 1 amide bonds. The molecule has 1 rings (SSSR count). The van der Waals surface area contributed by atoms with E-state index >= 15 is 0 Å². The number of carbonyl (C=O) groups is 3. The van der Waals surface area contributed by atoms with Crippen LogP contribution in [0.5, 0.6) is 0 Å². The number of rotatable bonds is 6. The molecule has 0 saturated carbocycles. The summed E-state index contributed by atoms with van der Waals surface area (Å²) in [5.41, 5.74) is 0.848. The third kappa shape index (κ3) is 4.91. The molecule has 0 saturated heterocycles. The van der Waals surface area contributed by atoms with Gasteiger partial charge in [0.25, 0.3) is 0 Å². The largest absolute Gasteiger partial charge is 0.445 e. The van der Waals surface area contributed by atoms with Crippen LogP contribution in [0.4, 0.5) is 4.79 Å². The van der Waals surface area contributed by atoms with Crippen molar-refractivity contribution in [2.75, 3.05) is 0 Å². The molecule has 1 aromatic rings. The van der Waals surface area contributed by atoms with Gasteiger partial charge in [-0.25, -0.2) is 4.79 Å². The van der Waals surface area contributed by atoms with Crippen LogP contribution in [-0.4, -0.2) is 24.2 Å². The first-order valence-electron chi connectivity index (χ1n) is 6.01. The number of alkyl carbamates (subject to hydrolysis) is 1. The molecule has 5 heteroatoms. The standard InChI is InChI=1S/C14H17NO4/c1-10(2)13(12(17)8-16)15-14(18)19-9-11-6-4-3-5-7-11/h3-8,10,13H,9H2,1-2H3,(H,15,18)/t13-/m0/s1. The first-order valence-corrected chi connectivity index (χ1v) is 6.01. The van der Waals surface area contributed by atoms with Gasteiger partial charge in [-0.2, -0.15) is 0 Å². The van der Waals surface area contributed by atoms with Gasteiger partial charge < -0.3 is 10.1 Å². The Morgan fingerprint density at radius 1 is 1.26 bits per heavy atom. The van der Waals surface area contributed by atoms with Gasteiger partial charge >= 0.3 is 6.09 Å². The molecule has 0 aliphatic carbocycles. The highest BCUT2D eigenvalue weighted by Crippen LogP contribution is 2.04. The van der Waals surface area contributed by atoms with E-state index in [0.29, 0.717) is 0 Å². The van der Waals surface area contributed by atoms with Crippen LogP contribution in [0.3, 0.4) is 0 Å². The van der Waals surface area contributed by atoms with Crippen molar-refractivity contribution >= 4 is 18.2 Å². The van der Waals surface area contributed by atoms with Gasteiger partial charge in [0.05, 0.1) is 0 Å². The second-order valence-electron chi connectivity index (χ2n) is 4.45. The normalized spacial score (nSPS) is 11.7. The fourth-order valence-electron chi connectivity index (χ4n) is 1.53. The molecule has 0 spiro atoms. The number of carbonyl (C=O) groups excluding carboxylic acids is 3. The third-order valence-electron chi connectivity index (χ3n) is 2.58. The minimum Gasteiger partial charge on any atom is -0.445 e. The first-order chi connectivity index (χ1) is 9.04. The predicted molar refractivity (Wildman–Crippen MR) is 69.5 cm³/mol. The zero-order valence-corrected chi connectivity index (χ0v) is 11.0. The minimum absolute atomic E-state index is 0.118. The lowest BCUT2D eigenvalue weighted by Crippen LogP contribution is -2.45. The monoisotopic (exact) mass is 263 g/mol. The molecule has 0 aromatic heterocycles. The Hall–Kier alpha value is -2.17. The average molecular weight is 263 g/mol. The summed E-state index contributed by atoms with van der Waals surface area (Å²) in [7, 11) is 0. The lowest BCUT2D eigenvalue weighted by molar-refractivity contribution is -0.131. The summed E-state index contributed by atoms with van der Waals surface area (Å²) in [5, 5.41) is 2.40. The second kappa shape index (κ2) is 7.31. The molecule has 5 nitrogen and oxygen atoms in total. The van der Waals surface area contributed by atoms with E-state index in [1.807, 2.05) is 30.3 Å². The molecule has 19 heavy (non-hydrogen) atoms. The van der Waals surface area contributed by atoms with Crippen molar-refractivity contribution in [2.24, 2.45) is 5.92 Å². The number of amides is 1. The SMILES string of the molecule is CC(C)[C@H](NC(=O)OCc1ccccc1)C(=O)C=O.